The smallest absolute Gasteiger partial charge is 0.244 e. The number of nitrogens with one attached hydrogen (secondary N) is 1. The van der Waals surface area contributed by atoms with E-state index in [-0.39, 0.29) is 17.7 Å². The molecule has 1 saturated heterocycles. The second kappa shape index (κ2) is 13.3. The number of piperazine rings is 1. The van der Waals surface area contributed by atoms with Crippen molar-refractivity contribution in [3.05, 3.63) is 58.1 Å². The van der Waals surface area contributed by atoms with Gasteiger partial charge in [0.15, 0.2) is 0 Å². The maximum absolute atomic E-state index is 15.1. The Hall–Kier alpha value is -2.52. The Morgan fingerprint density at radius 2 is 1.59 bits per heavy atom. The number of hydrogen-bond donors (Lipinski definition) is 1. The fraction of sp³-hybridized carbons (Fsp3) is 0.500. The van der Waals surface area contributed by atoms with Crippen molar-refractivity contribution >= 4 is 39.1 Å². The summed E-state index contributed by atoms with van der Waals surface area (Å²) in [7, 11) is 0. The highest BCUT2D eigenvalue weighted by molar-refractivity contribution is 9.10. The molecule has 6 nitrogen and oxygen atoms in total. The molecule has 1 heterocycles. The predicted octanol–water partition coefficient (Wildman–Crippen LogP) is 5.83. The SMILES string of the molecule is CCC(CC)C(=O)Nc1ccc(N2CCN(C(C(=O)N(CC)CC)c3cc(Br)ccc3F)CC2)c(F)c1. The van der Waals surface area contributed by atoms with Crippen LogP contribution in [0.15, 0.2) is 40.9 Å². The highest BCUT2D eigenvalue weighted by Crippen LogP contribution is 2.31. The summed E-state index contributed by atoms with van der Waals surface area (Å²) in [4.78, 5) is 31.5. The number of anilines is 2. The van der Waals surface area contributed by atoms with Crippen LogP contribution in [-0.2, 0) is 9.59 Å². The topological polar surface area (TPSA) is 55.9 Å². The highest BCUT2D eigenvalue weighted by atomic mass is 79.9. The normalized spacial score (nSPS) is 15.1. The molecule has 0 aliphatic carbocycles. The lowest BCUT2D eigenvalue weighted by Crippen LogP contribution is -2.52. The van der Waals surface area contributed by atoms with E-state index in [1.807, 2.05) is 37.5 Å². The van der Waals surface area contributed by atoms with Gasteiger partial charge in [0.25, 0.3) is 0 Å². The zero-order valence-corrected chi connectivity index (χ0v) is 23.7. The van der Waals surface area contributed by atoms with Gasteiger partial charge in [0.1, 0.15) is 17.7 Å². The van der Waals surface area contributed by atoms with Crippen LogP contribution in [0.5, 0.6) is 0 Å². The van der Waals surface area contributed by atoms with Crippen LogP contribution in [0.25, 0.3) is 0 Å². The van der Waals surface area contributed by atoms with E-state index in [2.05, 4.69) is 21.2 Å². The van der Waals surface area contributed by atoms with Crippen molar-refractivity contribution < 1.29 is 18.4 Å². The molecule has 1 aliphatic heterocycles. The van der Waals surface area contributed by atoms with E-state index < -0.39 is 17.7 Å². The molecule has 0 saturated carbocycles. The summed E-state index contributed by atoms with van der Waals surface area (Å²) < 4.78 is 30.7. The van der Waals surface area contributed by atoms with Crippen LogP contribution in [0.3, 0.4) is 0 Å². The summed E-state index contributed by atoms with van der Waals surface area (Å²) >= 11 is 3.41. The minimum absolute atomic E-state index is 0.0992. The minimum atomic E-state index is -0.757. The molecule has 2 aromatic rings. The van der Waals surface area contributed by atoms with E-state index in [4.69, 9.17) is 0 Å². The second-order valence-corrected chi connectivity index (χ2v) is 10.2. The molecular formula is C28H37BrF2N4O2. The van der Waals surface area contributed by atoms with Crippen LogP contribution in [0.2, 0.25) is 0 Å². The third-order valence-electron chi connectivity index (χ3n) is 7.15. The fourth-order valence-electron chi connectivity index (χ4n) is 4.88. The van der Waals surface area contributed by atoms with Gasteiger partial charge in [0, 0.05) is 60.9 Å². The first-order chi connectivity index (χ1) is 17.7. The number of carbonyl (C=O) groups excluding carboxylic acids is 2. The molecule has 0 spiro atoms. The van der Waals surface area contributed by atoms with Crippen molar-refractivity contribution in [3.63, 3.8) is 0 Å². The first-order valence-corrected chi connectivity index (χ1v) is 13.9. The van der Waals surface area contributed by atoms with E-state index >= 15 is 4.39 Å². The number of amides is 2. The maximum atomic E-state index is 15.1. The standard InChI is InChI=1S/C28H37BrF2N4O2/c1-5-19(6-2)27(36)32-21-10-12-25(24(31)18-21)34-13-15-35(16-14-34)26(28(37)33(7-3)8-4)22-17-20(29)9-11-23(22)30/h9-12,17-19,26H,5-8,13-16H2,1-4H3,(H,32,36). The summed E-state index contributed by atoms with van der Waals surface area (Å²) in [5.41, 5.74) is 1.22. The Morgan fingerprint density at radius 3 is 2.16 bits per heavy atom. The van der Waals surface area contributed by atoms with E-state index in [0.29, 0.717) is 60.7 Å². The summed E-state index contributed by atoms with van der Waals surface area (Å²) in [6.07, 6.45) is 1.46. The molecule has 37 heavy (non-hydrogen) atoms. The van der Waals surface area contributed by atoms with Gasteiger partial charge >= 0.3 is 0 Å². The van der Waals surface area contributed by atoms with Gasteiger partial charge in [-0.2, -0.15) is 0 Å². The van der Waals surface area contributed by atoms with Crippen molar-refractivity contribution in [2.45, 2.75) is 46.6 Å². The van der Waals surface area contributed by atoms with Gasteiger partial charge in [0.05, 0.1) is 5.69 Å². The molecule has 1 atom stereocenters. The molecule has 9 heteroatoms. The number of nitrogens with zero attached hydrogens (tertiary/aromatic N) is 3. The minimum Gasteiger partial charge on any atom is -0.367 e. The second-order valence-electron chi connectivity index (χ2n) is 9.27. The monoisotopic (exact) mass is 578 g/mol. The zero-order valence-electron chi connectivity index (χ0n) is 22.1. The van der Waals surface area contributed by atoms with Crippen LogP contribution in [0.1, 0.15) is 52.1 Å². The van der Waals surface area contributed by atoms with Crippen LogP contribution >= 0.6 is 15.9 Å². The zero-order chi connectivity index (χ0) is 27.1. The molecule has 0 radical (unpaired) electrons. The number of carbonyl (C=O) groups is 2. The molecule has 3 rings (SSSR count). The average molecular weight is 580 g/mol. The molecular weight excluding hydrogens is 542 g/mol. The molecule has 2 amide bonds. The number of rotatable bonds is 10. The van der Waals surface area contributed by atoms with E-state index in [0.717, 1.165) is 12.8 Å². The van der Waals surface area contributed by atoms with Crippen LogP contribution < -0.4 is 10.2 Å². The van der Waals surface area contributed by atoms with Crippen LogP contribution in [0.4, 0.5) is 20.2 Å². The Morgan fingerprint density at radius 1 is 0.946 bits per heavy atom. The van der Waals surface area contributed by atoms with Crippen molar-refractivity contribution in [1.29, 1.82) is 0 Å². The summed E-state index contributed by atoms with van der Waals surface area (Å²) in [6, 6.07) is 8.65. The van der Waals surface area contributed by atoms with E-state index in [1.165, 1.54) is 12.1 Å². The molecule has 1 unspecified atom stereocenters. The first-order valence-electron chi connectivity index (χ1n) is 13.1. The van der Waals surface area contributed by atoms with Gasteiger partial charge < -0.3 is 15.1 Å². The van der Waals surface area contributed by atoms with Crippen molar-refractivity contribution in [3.8, 4) is 0 Å². The van der Waals surface area contributed by atoms with Gasteiger partial charge in [-0.3, -0.25) is 14.5 Å². The van der Waals surface area contributed by atoms with Gasteiger partial charge in [-0.1, -0.05) is 29.8 Å². The summed E-state index contributed by atoms with van der Waals surface area (Å²) in [5, 5.41) is 2.81. The predicted molar refractivity (Wildman–Crippen MR) is 148 cm³/mol. The number of hydrogen-bond acceptors (Lipinski definition) is 4. The third kappa shape index (κ3) is 6.87. The lowest BCUT2D eigenvalue weighted by Gasteiger charge is -2.41. The number of benzene rings is 2. The lowest BCUT2D eigenvalue weighted by molar-refractivity contribution is -0.137. The number of likely N-dealkylation sites (N-methyl/N-ethyl adjacent to an activating group) is 1. The van der Waals surface area contributed by atoms with Crippen molar-refractivity contribution in [2.24, 2.45) is 5.92 Å². The van der Waals surface area contributed by atoms with Crippen molar-refractivity contribution in [1.82, 2.24) is 9.80 Å². The quantitative estimate of drug-likeness (QED) is 0.385. The van der Waals surface area contributed by atoms with Gasteiger partial charge in [-0.25, -0.2) is 8.78 Å². The molecule has 1 N–H and O–H groups in total. The molecule has 0 bridgehead atoms. The Kier molecular flexibility index (Phi) is 10.5. The molecule has 0 aromatic heterocycles. The lowest BCUT2D eigenvalue weighted by atomic mass is 10.0. The van der Waals surface area contributed by atoms with Gasteiger partial charge in [0.2, 0.25) is 11.8 Å². The maximum Gasteiger partial charge on any atom is 0.244 e. The molecule has 202 valence electrons. The third-order valence-corrected chi connectivity index (χ3v) is 7.65. The average Bonchev–Trinajstić information content (AvgIpc) is 2.88. The van der Waals surface area contributed by atoms with E-state index in [1.54, 1.807) is 29.2 Å². The van der Waals surface area contributed by atoms with Gasteiger partial charge in [-0.05, 0) is 63.1 Å². The first kappa shape index (κ1) is 29.0. The Labute approximate surface area is 227 Å². The van der Waals surface area contributed by atoms with Gasteiger partial charge in [-0.15, -0.1) is 0 Å². The summed E-state index contributed by atoms with van der Waals surface area (Å²) in [6.45, 7) is 10.7. The highest BCUT2D eigenvalue weighted by Gasteiger charge is 2.35. The fourth-order valence-corrected chi connectivity index (χ4v) is 5.26. The van der Waals surface area contributed by atoms with Crippen LogP contribution in [0, 0.1) is 17.6 Å². The number of halogens is 3. The molecule has 2 aromatic carbocycles. The summed E-state index contributed by atoms with van der Waals surface area (Å²) in [5.74, 6) is -1.18. The van der Waals surface area contributed by atoms with Crippen molar-refractivity contribution in [2.75, 3.05) is 49.5 Å². The van der Waals surface area contributed by atoms with E-state index in [9.17, 15) is 14.0 Å². The largest absolute Gasteiger partial charge is 0.367 e. The van der Waals surface area contributed by atoms with Crippen LogP contribution in [-0.4, -0.2) is 60.9 Å². The molecule has 1 aliphatic rings. The Bertz CT molecular complexity index is 1080. The Balaban J connectivity index is 1.76. The molecule has 1 fully saturated rings.